The summed E-state index contributed by atoms with van der Waals surface area (Å²) in [4.78, 5) is 9.86. The molecule has 132 valence electrons. The third-order valence-electron chi connectivity index (χ3n) is 4.59. The molecule has 1 aliphatic rings. The number of hydrogen-bond donors (Lipinski definition) is 1. The van der Waals surface area contributed by atoms with Crippen molar-refractivity contribution in [1.29, 1.82) is 0 Å². The molecule has 0 aliphatic carbocycles. The van der Waals surface area contributed by atoms with Crippen molar-refractivity contribution in [3.8, 4) is 10.4 Å². The summed E-state index contributed by atoms with van der Waals surface area (Å²) in [6.07, 6.45) is 3.92. The Bertz CT molecular complexity index is 799. The fraction of sp³-hybridized carbons (Fsp3) is 0.316. The number of imidazole rings is 1. The molecule has 1 fully saturated rings. The van der Waals surface area contributed by atoms with Gasteiger partial charge in [0.05, 0.1) is 6.04 Å². The van der Waals surface area contributed by atoms with E-state index in [1.54, 1.807) is 0 Å². The maximum absolute atomic E-state index is 4.57. The van der Waals surface area contributed by atoms with Gasteiger partial charge in [0.25, 0.3) is 0 Å². The third kappa shape index (κ3) is 3.96. The molecule has 4 nitrogen and oxygen atoms in total. The highest BCUT2D eigenvalue weighted by atomic mass is 35.5. The zero-order valence-electron chi connectivity index (χ0n) is 14.3. The van der Waals surface area contributed by atoms with Crippen LogP contribution in [0.3, 0.4) is 0 Å². The predicted octanol–water partition coefficient (Wildman–Crippen LogP) is 3.72. The zero-order chi connectivity index (χ0) is 16.4. The molecule has 2 aromatic heterocycles. The van der Waals surface area contributed by atoms with Gasteiger partial charge in [-0.15, -0.1) is 23.7 Å². The normalized spacial score (nSPS) is 18.0. The lowest BCUT2D eigenvalue weighted by molar-refractivity contribution is 0.146. The van der Waals surface area contributed by atoms with E-state index in [0.717, 1.165) is 32.0 Å². The molecular formula is C19H23ClN4S. The minimum Gasteiger partial charge on any atom is -0.337 e. The molecule has 6 heteroatoms. The molecule has 25 heavy (non-hydrogen) atoms. The highest BCUT2D eigenvalue weighted by molar-refractivity contribution is 7.15. The van der Waals surface area contributed by atoms with E-state index >= 15 is 0 Å². The number of thiophene rings is 1. The zero-order valence-corrected chi connectivity index (χ0v) is 15.9. The molecular weight excluding hydrogens is 352 g/mol. The minimum absolute atomic E-state index is 0. The topological polar surface area (TPSA) is 33.1 Å². The summed E-state index contributed by atoms with van der Waals surface area (Å²) in [5.41, 5.74) is 1.30. The van der Waals surface area contributed by atoms with Crippen molar-refractivity contribution in [2.24, 2.45) is 7.05 Å². The molecule has 1 saturated heterocycles. The van der Waals surface area contributed by atoms with Gasteiger partial charge in [0.15, 0.2) is 0 Å². The Morgan fingerprint density at radius 1 is 1.20 bits per heavy atom. The summed E-state index contributed by atoms with van der Waals surface area (Å²) in [6, 6.07) is 15.5. The van der Waals surface area contributed by atoms with Crippen LogP contribution in [0.2, 0.25) is 0 Å². The number of nitrogens with zero attached hydrogens (tertiary/aromatic N) is 3. The number of benzene rings is 1. The van der Waals surface area contributed by atoms with Crippen LogP contribution in [0.15, 0.2) is 54.9 Å². The molecule has 1 aliphatic heterocycles. The Labute approximate surface area is 158 Å². The van der Waals surface area contributed by atoms with Crippen molar-refractivity contribution in [3.05, 3.63) is 65.6 Å². The van der Waals surface area contributed by atoms with Crippen LogP contribution in [0.25, 0.3) is 10.4 Å². The number of aryl methyl sites for hydroxylation is 1. The molecule has 0 bridgehead atoms. The van der Waals surface area contributed by atoms with E-state index in [-0.39, 0.29) is 12.4 Å². The van der Waals surface area contributed by atoms with Crippen LogP contribution in [0, 0.1) is 0 Å². The summed E-state index contributed by atoms with van der Waals surface area (Å²) >= 11 is 1.89. The molecule has 4 rings (SSSR count). The van der Waals surface area contributed by atoms with Gasteiger partial charge in [0, 0.05) is 55.4 Å². The van der Waals surface area contributed by atoms with Crippen LogP contribution in [0.4, 0.5) is 0 Å². The highest BCUT2D eigenvalue weighted by Gasteiger charge is 2.27. The van der Waals surface area contributed by atoms with Crippen molar-refractivity contribution in [3.63, 3.8) is 0 Å². The smallest absolute Gasteiger partial charge is 0.127 e. The van der Waals surface area contributed by atoms with Crippen LogP contribution in [0.1, 0.15) is 16.7 Å². The fourth-order valence-electron chi connectivity index (χ4n) is 3.31. The molecule has 0 saturated carbocycles. The van der Waals surface area contributed by atoms with Gasteiger partial charge in [-0.3, -0.25) is 4.90 Å². The fourth-order valence-corrected chi connectivity index (χ4v) is 4.35. The Hall–Kier alpha value is -1.66. The molecule has 3 aromatic rings. The minimum atomic E-state index is 0. The van der Waals surface area contributed by atoms with Crippen molar-refractivity contribution in [2.45, 2.75) is 12.6 Å². The summed E-state index contributed by atoms with van der Waals surface area (Å²) < 4.78 is 2.13. The molecule has 1 N–H and O–H groups in total. The first-order valence-corrected chi connectivity index (χ1v) is 9.19. The SMILES string of the molecule is Cl.Cn1ccnc1C1CNCCN1Cc1ccc(-c2ccccc2)s1. The van der Waals surface area contributed by atoms with Crippen molar-refractivity contribution >= 4 is 23.7 Å². The number of piperazine rings is 1. The predicted molar refractivity (Wildman–Crippen MR) is 106 cm³/mol. The Balaban J connectivity index is 0.00000182. The first kappa shape index (κ1) is 18.1. The number of hydrogen-bond acceptors (Lipinski definition) is 4. The molecule has 1 aromatic carbocycles. The van der Waals surface area contributed by atoms with E-state index in [1.165, 1.54) is 15.3 Å². The van der Waals surface area contributed by atoms with E-state index in [4.69, 9.17) is 0 Å². The van der Waals surface area contributed by atoms with E-state index in [2.05, 4.69) is 69.3 Å². The van der Waals surface area contributed by atoms with Gasteiger partial charge in [-0.05, 0) is 17.7 Å². The average molecular weight is 375 g/mol. The monoisotopic (exact) mass is 374 g/mol. The third-order valence-corrected chi connectivity index (χ3v) is 5.71. The molecule has 0 radical (unpaired) electrons. The van der Waals surface area contributed by atoms with E-state index in [1.807, 2.05) is 23.7 Å². The Morgan fingerprint density at radius 2 is 2.04 bits per heavy atom. The first-order valence-electron chi connectivity index (χ1n) is 8.37. The lowest BCUT2D eigenvalue weighted by atomic mass is 10.1. The Morgan fingerprint density at radius 3 is 2.80 bits per heavy atom. The molecule has 1 unspecified atom stereocenters. The number of nitrogens with one attached hydrogen (secondary N) is 1. The van der Waals surface area contributed by atoms with E-state index < -0.39 is 0 Å². The van der Waals surface area contributed by atoms with Crippen LogP contribution >= 0.6 is 23.7 Å². The summed E-state index contributed by atoms with van der Waals surface area (Å²) in [5.74, 6) is 1.14. The van der Waals surface area contributed by atoms with Gasteiger partial charge in [-0.25, -0.2) is 4.98 Å². The summed E-state index contributed by atoms with van der Waals surface area (Å²) in [5, 5.41) is 3.51. The van der Waals surface area contributed by atoms with Gasteiger partial charge < -0.3 is 9.88 Å². The second kappa shape index (κ2) is 8.15. The summed E-state index contributed by atoms with van der Waals surface area (Å²) in [6.45, 7) is 4.03. The molecule has 1 atom stereocenters. The number of rotatable bonds is 4. The lowest BCUT2D eigenvalue weighted by Crippen LogP contribution is -2.46. The van der Waals surface area contributed by atoms with Crippen molar-refractivity contribution in [1.82, 2.24) is 19.8 Å². The van der Waals surface area contributed by atoms with Crippen LogP contribution in [0.5, 0.6) is 0 Å². The number of aromatic nitrogens is 2. The maximum Gasteiger partial charge on any atom is 0.127 e. The second-order valence-corrected chi connectivity index (χ2v) is 7.39. The van der Waals surface area contributed by atoms with Crippen molar-refractivity contribution in [2.75, 3.05) is 19.6 Å². The Kier molecular flexibility index (Phi) is 5.91. The molecule has 0 amide bonds. The first-order chi connectivity index (χ1) is 11.8. The van der Waals surface area contributed by atoms with Crippen LogP contribution in [-0.2, 0) is 13.6 Å². The maximum atomic E-state index is 4.57. The molecule has 3 heterocycles. The quantitative estimate of drug-likeness (QED) is 0.755. The standard InChI is InChI=1S/C19H22N4S.ClH/c1-22-11-10-21-19(22)17-13-20-9-12-23(17)14-16-7-8-18(24-16)15-5-3-2-4-6-15;/h2-8,10-11,17,20H,9,12-14H2,1H3;1H. The van der Waals surface area contributed by atoms with Gasteiger partial charge in [0.1, 0.15) is 5.82 Å². The summed E-state index contributed by atoms with van der Waals surface area (Å²) in [7, 11) is 2.08. The number of halogens is 1. The highest BCUT2D eigenvalue weighted by Crippen LogP contribution is 2.30. The van der Waals surface area contributed by atoms with Gasteiger partial charge in [-0.2, -0.15) is 0 Å². The van der Waals surface area contributed by atoms with E-state index in [9.17, 15) is 0 Å². The van der Waals surface area contributed by atoms with Gasteiger partial charge in [-0.1, -0.05) is 30.3 Å². The van der Waals surface area contributed by atoms with Crippen LogP contribution < -0.4 is 5.32 Å². The van der Waals surface area contributed by atoms with Crippen LogP contribution in [-0.4, -0.2) is 34.1 Å². The molecule has 0 spiro atoms. The largest absolute Gasteiger partial charge is 0.337 e. The second-order valence-electron chi connectivity index (χ2n) is 6.22. The van der Waals surface area contributed by atoms with Gasteiger partial charge in [0.2, 0.25) is 0 Å². The average Bonchev–Trinajstić information content (AvgIpc) is 3.25. The van der Waals surface area contributed by atoms with Crippen molar-refractivity contribution < 1.29 is 0 Å². The van der Waals surface area contributed by atoms with Gasteiger partial charge >= 0.3 is 0 Å². The lowest BCUT2D eigenvalue weighted by Gasteiger charge is -2.35. The van der Waals surface area contributed by atoms with E-state index in [0.29, 0.717) is 6.04 Å².